The fourth-order valence-electron chi connectivity index (χ4n) is 1.88. The van der Waals surface area contributed by atoms with Crippen LogP contribution in [0, 0.1) is 0 Å². The summed E-state index contributed by atoms with van der Waals surface area (Å²) in [5.74, 6) is 1.67. The molecule has 0 radical (unpaired) electrons. The van der Waals surface area contributed by atoms with Gasteiger partial charge >= 0.3 is 0 Å². The summed E-state index contributed by atoms with van der Waals surface area (Å²) in [7, 11) is 0. The lowest BCUT2D eigenvalue weighted by Gasteiger charge is -2.16. The molecular formula is C16H18ClNOS. The average Bonchev–Trinajstić information content (AvgIpc) is 2.47. The maximum absolute atomic E-state index is 6.28. The van der Waals surface area contributed by atoms with Gasteiger partial charge in [0, 0.05) is 27.3 Å². The highest BCUT2D eigenvalue weighted by atomic mass is 35.5. The van der Waals surface area contributed by atoms with Crippen molar-refractivity contribution >= 4 is 23.4 Å². The molecule has 4 heteroatoms. The van der Waals surface area contributed by atoms with E-state index in [-0.39, 0.29) is 6.04 Å². The van der Waals surface area contributed by atoms with Gasteiger partial charge in [-0.2, -0.15) is 0 Å². The van der Waals surface area contributed by atoms with Crippen molar-refractivity contribution in [2.24, 2.45) is 5.73 Å². The van der Waals surface area contributed by atoms with Gasteiger partial charge in [-0.1, -0.05) is 29.8 Å². The molecule has 2 nitrogen and oxygen atoms in total. The molecule has 2 N–H and O–H groups in total. The third-order valence-electron chi connectivity index (χ3n) is 2.86. The molecule has 0 amide bonds. The van der Waals surface area contributed by atoms with Gasteiger partial charge in [-0.15, -0.1) is 11.8 Å². The predicted molar refractivity (Wildman–Crippen MR) is 86.7 cm³/mol. The lowest BCUT2D eigenvalue weighted by molar-refractivity contribution is 0.335. The molecule has 2 rings (SSSR count). The lowest BCUT2D eigenvalue weighted by Crippen LogP contribution is -2.14. The van der Waals surface area contributed by atoms with Crippen molar-refractivity contribution in [3.8, 4) is 5.75 Å². The van der Waals surface area contributed by atoms with Crippen LogP contribution in [0.2, 0.25) is 5.02 Å². The largest absolute Gasteiger partial charge is 0.494 e. The van der Waals surface area contributed by atoms with Crippen LogP contribution in [0.4, 0.5) is 0 Å². The van der Waals surface area contributed by atoms with Crippen LogP contribution in [-0.2, 0) is 0 Å². The van der Waals surface area contributed by atoms with Gasteiger partial charge in [-0.05, 0) is 37.3 Å². The number of para-hydroxylation sites is 1. The summed E-state index contributed by atoms with van der Waals surface area (Å²) in [6.45, 7) is 2.62. The Morgan fingerprint density at radius 3 is 2.55 bits per heavy atom. The third-order valence-corrected chi connectivity index (χ3v) is 4.24. The van der Waals surface area contributed by atoms with E-state index in [2.05, 4.69) is 0 Å². The van der Waals surface area contributed by atoms with Crippen LogP contribution in [0.15, 0.2) is 53.4 Å². The second-order valence-corrected chi connectivity index (χ2v) is 5.87. The lowest BCUT2D eigenvalue weighted by atomic mass is 10.1. The smallest absolute Gasteiger partial charge is 0.124 e. The minimum atomic E-state index is -0.0570. The first-order chi connectivity index (χ1) is 9.70. The standard InChI is InChI=1S/C16H18ClNOS/c1-2-19-16-6-4-3-5-14(16)15(18)11-20-13-9-7-12(17)8-10-13/h3-10,15H,2,11,18H2,1H3. The zero-order valence-electron chi connectivity index (χ0n) is 11.4. The maximum Gasteiger partial charge on any atom is 0.124 e. The molecule has 0 aliphatic heterocycles. The molecule has 1 atom stereocenters. The van der Waals surface area contributed by atoms with E-state index >= 15 is 0 Å². The van der Waals surface area contributed by atoms with Crippen LogP contribution in [0.5, 0.6) is 5.75 Å². The molecule has 0 fully saturated rings. The Bertz CT molecular complexity index is 544. The van der Waals surface area contributed by atoms with Gasteiger partial charge in [-0.3, -0.25) is 0 Å². The molecule has 106 valence electrons. The van der Waals surface area contributed by atoms with Crippen molar-refractivity contribution in [1.29, 1.82) is 0 Å². The zero-order chi connectivity index (χ0) is 14.4. The van der Waals surface area contributed by atoms with Crippen LogP contribution in [0.1, 0.15) is 18.5 Å². The molecule has 2 aromatic rings. The monoisotopic (exact) mass is 307 g/mol. The summed E-state index contributed by atoms with van der Waals surface area (Å²) in [6.07, 6.45) is 0. The topological polar surface area (TPSA) is 35.2 Å². The Hall–Kier alpha value is -1.16. The van der Waals surface area contributed by atoms with Gasteiger partial charge in [0.25, 0.3) is 0 Å². The fourth-order valence-corrected chi connectivity index (χ4v) is 2.89. The van der Waals surface area contributed by atoms with Gasteiger partial charge in [0.2, 0.25) is 0 Å². The number of hydrogen-bond acceptors (Lipinski definition) is 3. The van der Waals surface area contributed by atoms with Crippen molar-refractivity contribution in [2.75, 3.05) is 12.4 Å². The molecule has 1 unspecified atom stereocenters. The van der Waals surface area contributed by atoms with E-state index in [1.165, 1.54) is 4.90 Å². The van der Waals surface area contributed by atoms with E-state index in [9.17, 15) is 0 Å². The van der Waals surface area contributed by atoms with Crippen molar-refractivity contribution in [3.05, 3.63) is 59.1 Å². The SMILES string of the molecule is CCOc1ccccc1C(N)CSc1ccc(Cl)cc1. The molecule has 0 bridgehead atoms. The Balaban J connectivity index is 2.01. The summed E-state index contributed by atoms with van der Waals surface area (Å²) in [5, 5.41) is 0.750. The summed E-state index contributed by atoms with van der Waals surface area (Å²) < 4.78 is 5.62. The first kappa shape index (κ1) is 15.2. The minimum Gasteiger partial charge on any atom is -0.494 e. The molecule has 0 aliphatic carbocycles. The molecule has 0 aliphatic rings. The normalized spacial score (nSPS) is 12.2. The zero-order valence-corrected chi connectivity index (χ0v) is 13.0. The minimum absolute atomic E-state index is 0.0570. The van der Waals surface area contributed by atoms with Crippen molar-refractivity contribution in [3.63, 3.8) is 0 Å². The van der Waals surface area contributed by atoms with E-state index < -0.39 is 0 Å². The summed E-state index contributed by atoms with van der Waals surface area (Å²) in [4.78, 5) is 1.17. The van der Waals surface area contributed by atoms with Gasteiger partial charge in [-0.25, -0.2) is 0 Å². The summed E-state index contributed by atoms with van der Waals surface area (Å²) in [5.41, 5.74) is 7.33. The number of rotatable bonds is 6. The molecule has 0 spiro atoms. The van der Waals surface area contributed by atoms with Crippen LogP contribution in [0.3, 0.4) is 0 Å². The maximum atomic E-state index is 6.28. The highest BCUT2D eigenvalue weighted by molar-refractivity contribution is 7.99. The highest BCUT2D eigenvalue weighted by Gasteiger charge is 2.12. The van der Waals surface area contributed by atoms with Crippen LogP contribution >= 0.6 is 23.4 Å². The number of nitrogens with two attached hydrogens (primary N) is 1. The quantitative estimate of drug-likeness (QED) is 0.796. The highest BCUT2D eigenvalue weighted by Crippen LogP contribution is 2.29. The molecule has 0 heterocycles. The van der Waals surface area contributed by atoms with E-state index in [0.717, 1.165) is 22.1 Å². The van der Waals surface area contributed by atoms with E-state index in [1.54, 1.807) is 11.8 Å². The van der Waals surface area contributed by atoms with Crippen molar-refractivity contribution in [1.82, 2.24) is 0 Å². The second-order valence-electron chi connectivity index (χ2n) is 4.34. The number of halogens is 1. The Morgan fingerprint density at radius 2 is 1.85 bits per heavy atom. The van der Waals surface area contributed by atoms with Gasteiger partial charge in [0.1, 0.15) is 5.75 Å². The van der Waals surface area contributed by atoms with Gasteiger partial charge < -0.3 is 10.5 Å². The molecule has 0 aromatic heterocycles. The molecule has 0 saturated carbocycles. The Morgan fingerprint density at radius 1 is 1.15 bits per heavy atom. The summed E-state index contributed by atoms with van der Waals surface area (Å²) >= 11 is 7.59. The van der Waals surface area contributed by atoms with Gasteiger partial charge in [0.15, 0.2) is 0 Å². The first-order valence-corrected chi connectivity index (χ1v) is 7.92. The van der Waals surface area contributed by atoms with Crippen LogP contribution < -0.4 is 10.5 Å². The number of benzene rings is 2. The Labute approximate surface area is 129 Å². The van der Waals surface area contributed by atoms with Crippen molar-refractivity contribution in [2.45, 2.75) is 17.9 Å². The molecular weight excluding hydrogens is 290 g/mol. The first-order valence-electron chi connectivity index (χ1n) is 6.56. The summed E-state index contributed by atoms with van der Waals surface area (Å²) in [6, 6.07) is 15.7. The Kier molecular flexibility index (Phi) is 5.77. The molecule has 20 heavy (non-hydrogen) atoms. The molecule has 2 aromatic carbocycles. The van der Waals surface area contributed by atoms with E-state index in [0.29, 0.717) is 6.61 Å². The van der Waals surface area contributed by atoms with Crippen LogP contribution in [-0.4, -0.2) is 12.4 Å². The van der Waals surface area contributed by atoms with Crippen LogP contribution in [0.25, 0.3) is 0 Å². The van der Waals surface area contributed by atoms with E-state index in [1.807, 2.05) is 55.5 Å². The number of hydrogen-bond donors (Lipinski definition) is 1. The fraction of sp³-hybridized carbons (Fsp3) is 0.250. The molecule has 0 saturated heterocycles. The van der Waals surface area contributed by atoms with Crippen molar-refractivity contribution < 1.29 is 4.74 Å². The third kappa shape index (κ3) is 4.17. The predicted octanol–water partition coefficient (Wildman–Crippen LogP) is 4.53. The van der Waals surface area contributed by atoms with E-state index in [4.69, 9.17) is 22.1 Å². The average molecular weight is 308 g/mol. The second kappa shape index (κ2) is 7.58. The van der Waals surface area contributed by atoms with Gasteiger partial charge in [0.05, 0.1) is 6.61 Å². The number of ether oxygens (including phenoxy) is 1. The number of thioether (sulfide) groups is 1.